The molecule has 0 unspecified atom stereocenters. The fourth-order valence-corrected chi connectivity index (χ4v) is 3.49. The highest BCUT2D eigenvalue weighted by Crippen LogP contribution is 2.26. The number of hydrogen-bond donors (Lipinski definition) is 1. The van der Waals surface area contributed by atoms with E-state index in [9.17, 15) is 14.4 Å². The van der Waals surface area contributed by atoms with E-state index in [1.54, 1.807) is 13.1 Å². The van der Waals surface area contributed by atoms with E-state index in [0.29, 0.717) is 11.4 Å². The molecule has 1 heterocycles. The van der Waals surface area contributed by atoms with Crippen LogP contribution in [0.25, 0.3) is 0 Å². The van der Waals surface area contributed by atoms with Gasteiger partial charge in [-0.2, -0.15) is 5.10 Å². The molecule has 0 spiro atoms. The number of benzene rings is 2. The van der Waals surface area contributed by atoms with Crippen LogP contribution in [0.3, 0.4) is 0 Å². The average Bonchev–Trinajstić information content (AvgIpc) is 2.71. The van der Waals surface area contributed by atoms with Crippen molar-refractivity contribution in [3.63, 3.8) is 0 Å². The minimum Gasteiger partial charge on any atom is -0.331 e. The molecule has 2 aromatic rings. The van der Waals surface area contributed by atoms with Crippen molar-refractivity contribution in [2.75, 3.05) is 23.9 Å². The molecule has 1 aliphatic rings. The van der Waals surface area contributed by atoms with Crippen LogP contribution in [0.15, 0.2) is 52.0 Å². The molecule has 7 nitrogen and oxygen atoms in total. The molecule has 0 fully saturated rings. The summed E-state index contributed by atoms with van der Waals surface area (Å²) in [5.74, 6) is -0.855. The van der Waals surface area contributed by atoms with Crippen molar-refractivity contribution < 1.29 is 14.4 Å². The molecule has 0 radical (unpaired) electrons. The smallest absolute Gasteiger partial charge is 0.270 e. The molecule has 0 saturated carbocycles. The fraction of sp³-hybridized carbons (Fsp3) is 0.273. The number of hydrazone groups is 1. The zero-order valence-electron chi connectivity index (χ0n) is 17.1. The Bertz CT molecular complexity index is 1030. The Morgan fingerprint density at radius 3 is 2.63 bits per heavy atom. The van der Waals surface area contributed by atoms with Crippen LogP contribution in [0.1, 0.15) is 24.0 Å². The number of aryl methyl sites for hydroxylation is 2. The molecule has 0 aromatic heterocycles. The molecule has 0 aliphatic carbocycles. The molecular formula is C22H23BrN4O3. The van der Waals surface area contributed by atoms with E-state index in [-0.39, 0.29) is 42.8 Å². The van der Waals surface area contributed by atoms with Gasteiger partial charge in [0.25, 0.3) is 5.91 Å². The van der Waals surface area contributed by atoms with Crippen molar-refractivity contribution in [2.24, 2.45) is 5.10 Å². The van der Waals surface area contributed by atoms with Gasteiger partial charge in [-0.25, -0.2) is 5.01 Å². The lowest BCUT2D eigenvalue weighted by Crippen LogP contribution is -2.42. The molecule has 3 amide bonds. The first-order chi connectivity index (χ1) is 14.3. The third kappa shape index (κ3) is 4.94. The monoisotopic (exact) mass is 470 g/mol. The number of amides is 3. The minimum absolute atomic E-state index is 0.128. The Balaban J connectivity index is 1.73. The molecule has 156 valence electrons. The van der Waals surface area contributed by atoms with E-state index < -0.39 is 0 Å². The van der Waals surface area contributed by atoms with Gasteiger partial charge in [0.2, 0.25) is 11.8 Å². The second-order valence-corrected chi connectivity index (χ2v) is 8.09. The fourth-order valence-electron chi connectivity index (χ4n) is 3.10. The summed E-state index contributed by atoms with van der Waals surface area (Å²) in [5.41, 5.74) is 3.45. The molecule has 0 bridgehead atoms. The predicted molar refractivity (Wildman–Crippen MR) is 120 cm³/mol. The predicted octanol–water partition coefficient (Wildman–Crippen LogP) is 3.65. The maximum Gasteiger partial charge on any atom is 0.270 e. The highest BCUT2D eigenvalue weighted by atomic mass is 79.9. The maximum absolute atomic E-state index is 12.9. The largest absolute Gasteiger partial charge is 0.331 e. The van der Waals surface area contributed by atoms with Gasteiger partial charge in [-0.05, 0) is 59.1 Å². The van der Waals surface area contributed by atoms with Crippen LogP contribution in [0.2, 0.25) is 0 Å². The number of anilines is 2. The first kappa shape index (κ1) is 21.7. The third-order valence-electron chi connectivity index (χ3n) is 4.75. The Morgan fingerprint density at radius 2 is 1.90 bits per heavy atom. The number of hydrogen-bond acceptors (Lipinski definition) is 4. The Hall–Kier alpha value is -3.00. The van der Waals surface area contributed by atoms with Gasteiger partial charge in [0.1, 0.15) is 5.71 Å². The van der Waals surface area contributed by atoms with Gasteiger partial charge < -0.3 is 10.2 Å². The average molecular weight is 471 g/mol. The number of rotatable bonds is 5. The zero-order valence-corrected chi connectivity index (χ0v) is 18.7. The first-order valence-corrected chi connectivity index (χ1v) is 10.3. The van der Waals surface area contributed by atoms with E-state index in [0.717, 1.165) is 15.6 Å². The lowest BCUT2D eigenvalue weighted by molar-refractivity contribution is -0.128. The van der Waals surface area contributed by atoms with Crippen LogP contribution in [0, 0.1) is 13.8 Å². The molecule has 0 saturated heterocycles. The lowest BCUT2D eigenvalue weighted by Gasteiger charge is -2.26. The third-order valence-corrected chi connectivity index (χ3v) is 5.44. The summed E-state index contributed by atoms with van der Waals surface area (Å²) in [6.07, 6.45) is 0.435. The molecule has 1 aliphatic heterocycles. The summed E-state index contributed by atoms with van der Waals surface area (Å²) in [6, 6.07) is 13.0. The Morgan fingerprint density at radius 1 is 1.17 bits per heavy atom. The minimum atomic E-state index is -0.375. The van der Waals surface area contributed by atoms with Gasteiger partial charge in [-0.15, -0.1) is 0 Å². The highest BCUT2D eigenvalue weighted by Gasteiger charge is 2.28. The molecule has 0 atom stereocenters. The Kier molecular flexibility index (Phi) is 6.66. The summed E-state index contributed by atoms with van der Waals surface area (Å²) in [7, 11) is 1.54. The van der Waals surface area contributed by atoms with Crippen LogP contribution in [-0.2, 0) is 14.4 Å². The zero-order chi connectivity index (χ0) is 21.8. The number of carbonyl (C=O) groups excluding carboxylic acids is 3. The molecule has 30 heavy (non-hydrogen) atoms. The number of para-hydroxylation sites is 1. The van der Waals surface area contributed by atoms with Gasteiger partial charge in [0.05, 0.1) is 17.9 Å². The highest BCUT2D eigenvalue weighted by molar-refractivity contribution is 9.10. The summed E-state index contributed by atoms with van der Waals surface area (Å²) in [6.45, 7) is 3.70. The second kappa shape index (κ2) is 9.21. The van der Waals surface area contributed by atoms with Crippen LogP contribution in [0.5, 0.6) is 0 Å². The molecule has 1 N–H and O–H groups in total. The van der Waals surface area contributed by atoms with E-state index in [4.69, 9.17) is 0 Å². The molecular weight excluding hydrogens is 448 g/mol. The summed E-state index contributed by atoms with van der Waals surface area (Å²) >= 11 is 3.38. The maximum atomic E-state index is 12.9. The summed E-state index contributed by atoms with van der Waals surface area (Å²) in [5, 5.41) is 8.40. The van der Waals surface area contributed by atoms with Crippen molar-refractivity contribution in [3.8, 4) is 0 Å². The first-order valence-electron chi connectivity index (χ1n) is 9.54. The normalized spacial score (nSPS) is 13.7. The van der Waals surface area contributed by atoms with E-state index in [1.165, 1.54) is 9.91 Å². The van der Waals surface area contributed by atoms with Gasteiger partial charge in [0, 0.05) is 24.4 Å². The van der Waals surface area contributed by atoms with Crippen molar-refractivity contribution in [2.45, 2.75) is 26.7 Å². The SMILES string of the molecule is Cc1ccc(C)c(N2N=C(C(=O)N(C)CC(=O)Nc3ccccc3Br)CCC2=O)c1. The standard InChI is InChI=1S/C22H23BrN4O3/c1-14-8-9-15(2)19(12-14)27-21(29)11-10-18(25-27)22(30)26(3)13-20(28)24-17-7-5-4-6-16(17)23/h4-9,12H,10-11,13H2,1-3H3,(H,24,28). The number of carbonyl (C=O) groups is 3. The summed E-state index contributed by atoms with van der Waals surface area (Å²) < 4.78 is 0.756. The van der Waals surface area contributed by atoms with Gasteiger partial charge in [-0.3, -0.25) is 14.4 Å². The van der Waals surface area contributed by atoms with E-state index >= 15 is 0 Å². The van der Waals surface area contributed by atoms with E-state index in [1.807, 2.05) is 50.2 Å². The van der Waals surface area contributed by atoms with Gasteiger partial charge in [-0.1, -0.05) is 24.3 Å². The van der Waals surface area contributed by atoms with Crippen LogP contribution in [0.4, 0.5) is 11.4 Å². The quantitative estimate of drug-likeness (QED) is 0.723. The molecule has 2 aromatic carbocycles. The number of halogens is 1. The summed E-state index contributed by atoms with van der Waals surface area (Å²) in [4.78, 5) is 39.0. The number of nitrogens with zero attached hydrogens (tertiary/aromatic N) is 3. The second-order valence-electron chi connectivity index (χ2n) is 7.23. The Labute approximate surface area is 183 Å². The lowest BCUT2D eigenvalue weighted by atomic mass is 10.1. The van der Waals surface area contributed by atoms with Crippen molar-refractivity contribution in [3.05, 3.63) is 58.1 Å². The van der Waals surface area contributed by atoms with Gasteiger partial charge in [0.15, 0.2) is 0 Å². The van der Waals surface area contributed by atoms with Crippen molar-refractivity contribution >= 4 is 50.7 Å². The molecule has 8 heteroatoms. The topological polar surface area (TPSA) is 82.1 Å². The molecule has 3 rings (SSSR count). The number of likely N-dealkylation sites (N-methyl/N-ethyl adjacent to an activating group) is 1. The van der Waals surface area contributed by atoms with Crippen LogP contribution < -0.4 is 10.3 Å². The van der Waals surface area contributed by atoms with Crippen molar-refractivity contribution in [1.29, 1.82) is 0 Å². The van der Waals surface area contributed by atoms with Crippen LogP contribution >= 0.6 is 15.9 Å². The number of nitrogens with one attached hydrogen (secondary N) is 1. The van der Waals surface area contributed by atoms with Crippen LogP contribution in [-0.4, -0.2) is 41.9 Å². The van der Waals surface area contributed by atoms with E-state index in [2.05, 4.69) is 26.3 Å². The van der Waals surface area contributed by atoms with Crippen molar-refractivity contribution in [1.82, 2.24) is 4.90 Å². The van der Waals surface area contributed by atoms with Gasteiger partial charge >= 0.3 is 0 Å².